The molecule has 0 unspecified atom stereocenters. The van der Waals surface area contributed by atoms with E-state index in [1.807, 2.05) is 19.1 Å². The minimum atomic E-state index is -0.987. The van der Waals surface area contributed by atoms with Crippen molar-refractivity contribution in [2.24, 2.45) is 0 Å². The Hall–Kier alpha value is -2.07. The molecule has 1 aromatic carbocycles. The van der Waals surface area contributed by atoms with Crippen LogP contribution in [0.15, 0.2) is 24.3 Å². The molecule has 128 valence electrons. The zero-order valence-corrected chi connectivity index (χ0v) is 14.0. The van der Waals surface area contributed by atoms with E-state index in [1.54, 1.807) is 12.1 Å². The summed E-state index contributed by atoms with van der Waals surface area (Å²) < 4.78 is 5.59. The van der Waals surface area contributed by atoms with Gasteiger partial charge in [-0.3, -0.25) is 9.69 Å². The second-order valence-corrected chi connectivity index (χ2v) is 5.98. The number of urea groups is 1. The van der Waals surface area contributed by atoms with Crippen LogP contribution in [0.5, 0.6) is 0 Å². The molecule has 1 aliphatic rings. The van der Waals surface area contributed by atoms with Crippen LogP contribution in [0.4, 0.5) is 4.79 Å². The lowest BCUT2D eigenvalue weighted by atomic mass is 10.1. The molecular weight excluding hydrogens is 332 g/mol. The smallest absolute Gasteiger partial charge is 0.324 e. The number of β-amino-alcohol motifs (C(OH)–C–C–N with tert-alkyl or cyclic N) is 1. The summed E-state index contributed by atoms with van der Waals surface area (Å²) in [6.45, 7) is 1.69. The number of aliphatic hydroxyl groups is 1. The molecule has 0 spiro atoms. The van der Waals surface area contributed by atoms with Crippen LogP contribution in [0, 0.1) is 12.3 Å². The molecule has 7 heteroatoms. The predicted molar refractivity (Wildman–Crippen MR) is 89.3 cm³/mol. The van der Waals surface area contributed by atoms with Crippen molar-refractivity contribution in [3.05, 3.63) is 34.9 Å². The highest BCUT2D eigenvalue weighted by Gasteiger charge is 2.38. The summed E-state index contributed by atoms with van der Waals surface area (Å²) in [6.07, 6.45) is 4.04. The van der Waals surface area contributed by atoms with Crippen LogP contribution < -0.4 is 5.32 Å². The van der Waals surface area contributed by atoms with E-state index in [1.165, 1.54) is 0 Å². The van der Waals surface area contributed by atoms with Crippen LogP contribution in [0.1, 0.15) is 25.0 Å². The topological polar surface area (TPSA) is 78.9 Å². The minimum absolute atomic E-state index is 0.0132. The molecule has 6 nitrogen and oxygen atoms in total. The van der Waals surface area contributed by atoms with Crippen LogP contribution >= 0.6 is 11.6 Å². The molecule has 1 heterocycles. The number of aliphatic hydroxyl groups excluding tert-OH is 1. The number of rotatable bonds is 7. The van der Waals surface area contributed by atoms with Gasteiger partial charge in [-0.1, -0.05) is 23.7 Å². The molecule has 0 aliphatic carbocycles. The summed E-state index contributed by atoms with van der Waals surface area (Å²) >= 11 is 5.83. The monoisotopic (exact) mass is 350 g/mol. The highest BCUT2D eigenvalue weighted by Crippen LogP contribution is 2.19. The quantitative estimate of drug-likeness (QED) is 0.579. The number of halogens is 1. The first-order valence-electron chi connectivity index (χ1n) is 7.52. The van der Waals surface area contributed by atoms with E-state index in [0.717, 1.165) is 10.5 Å². The summed E-state index contributed by atoms with van der Waals surface area (Å²) in [5.74, 6) is 1.91. The van der Waals surface area contributed by atoms with Gasteiger partial charge in [-0.25, -0.2) is 4.79 Å². The predicted octanol–water partition coefficient (Wildman–Crippen LogP) is 1.72. The largest absolute Gasteiger partial charge is 0.389 e. The Bertz CT molecular complexity index is 641. The number of hydrogen-bond acceptors (Lipinski definition) is 4. The highest BCUT2D eigenvalue weighted by atomic mass is 35.5. The van der Waals surface area contributed by atoms with Crippen LogP contribution in [-0.2, 0) is 9.53 Å². The van der Waals surface area contributed by atoms with E-state index in [9.17, 15) is 14.7 Å². The lowest BCUT2D eigenvalue weighted by Crippen LogP contribution is -2.39. The molecular formula is C17H19ClN2O4. The normalized spacial score (nSPS) is 19.8. The molecule has 1 aromatic rings. The van der Waals surface area contributed by atoms with Gasteiger partial charge in [0.25, 0.3) is 5.91 Å². The number of nitrogens with zero attached hydrogens (tertiary/aromatic N) is 1. The summed E-state index contributed by atoms with van der Waals surface area (Å²) in [4.78, 5) is 24.7. The van der Waals surface area contributed by atoms with Gasteiger partial charge in [0.1, 0.15) is 6.04 Å². The van der Waals surface area contributed by atoms with E-state index >= 15 is 0 Å². The Morgan fingerprint density at radius 2 is 2.08 bits per heavy atom. The third-order valence-corrected chi connectivity index (χ3v) is 3.95. The van der Waals surface area contributed by atoms with Crippen LogP contribution in [0.3, 0.4) is 0 Å². The number of carbonyl (C=O) groups excluding carboxylic acids is 2. The van der Waals surface area contributed by atoms with Gasteiger partial charge in [-0.05, 0) is 24.6 Å². The molecule has 3 atom stereocenters. The average molecular weight is 351 g/mol. The van der Waals surface area contributed by atoms with Crippen molar-refractivity contribution in [1.82, 2.24) is 10.2 Å². The summed E-state index contributed by atoms with van der Waals surface area (Å²) in [5, 5.41) is 13.2. The standard InChI is InChI=1S/C17H19ClN2O4/c1-3-4-15-16(22)20(17(23)19-15)9-14(21)10-24-11(2)12-5-7-13(18)8-6-12/h1,5-8,11,14-15,21H,4,9-10H2,2H3,(H,19,23)/t11-,14-,15-/m0/s1. The fourth-order valence-corrected chi connectivity index (χ4v) is 2.48. The summed E-state index contributed by atoms with van der Waals surface area (Å²) in [7, 11) is 0. The fraction of sp³-hybridized carbons (Fsp3) is 0.412. The molecule has 0 saturated carbocycles. The highest BCUT2D eigenvalue weighted by molar-refractivity contribution is 6.30. The first kappa shape index (κ1) is 18.3. The van der Waals surface area contributed by atoms with E-state index in [0.29, 0.717) is 5.02 Å². The first-order valence-corrected chi connectivity index (χ1v) is 7.90. The molecule has 24 heavy (non-hydrogen) atoms. The van der Waals surface area contributed by atoms with E-state index in [4.69, 9.17) is 22.8 Å². The number of amides is 3. The van der Waals surface area contributed by atoms with Gasteiger partial charge < -0.3 is 15.2 Å². The van der Waals surface area contributed by atoms with Crippen molar-refractivity contribution in [1.29, 1.82) is 0 Å². The molecule has 0 radical (unpaired) electrons. The number of nitrogens with one attached hydrogen (secondary N) is 1. The molecule has 2 rings (SSSR count). The Kier molecular flexibility index (Phi) is 6.21. The molecule has 1 aliphatic heterocycles. The van der Waals surface area contributed by atoms with Crippen molar-refractivity contribution < 1.29 is 19.4 Å². The van der Waals surface area contributed by atoms with Gasteiger partial charge in [-0.2, -0.15) is 0 Å². The Balaban J connectivity index is 1.84. The zero-order valence-electron chi connectivity index (χ0n) is 13.2. The van der Waals surface area contributed by atoms with E-state index in [2.05, 4.69) is 11.2 Å². The SMILES string of the molecule is C#CC[C@@H]1NC(=O)N(C[C@H](O)CO[C@@H](C)c2ccc(Cl)cc2)C1=O. The van der Waals surface area contributed by atoms with E-state index < -0.39 is 24.1 Å². The second-order valence-electron chi connectivity index (χ2n) is 5.54. The van der Waals surface area contributed by atoms with Gasteiger partial charge in [0.2, 0.25) is 0 Å². The number of imide groups is 1. The maximum Gasteiger partial charge on any atom is 0.324 e. The van der Waals surface area contributed by atoms with Gasteiger partial charge in [0.15, 0.2) is 0 Å². The van der Waals surface area contributed by atoms with Crippen molar-refractivity contribution in [2.75, 3.05) is 13.2 Å². The van der Waals surface area contributed by atoms with Gasteiger partial charge in [-0.15, -0.1) is 12.3 Å². The maximum atomic E-state index is 12.0. The molecule has 2 N–H and O–H groups in total. The lowest BCUT2D eigenvalue weighted by Gasteiger charge is -2.20. The van der Waals surface area contributed by atoms with Crippen molar-refractivity contribution in [2.45, 2.75) is 31.6 Å². The minimum Gasteiger partial charge on any atom is -0.389 e. The van der Waals surface area contributed by atoms with Crippen LogP contribution in [0.25, 0.3) is 0 Å². The lowest BCUT2D eigenvalue weighted by molar-refractivity contribution is -0.128. The zero-order chi connectivity index (χ0) is 17.7. The second kappa shape index (κ2) is 8.15. The average Bonchev–Trinajstić information content (AvgIpc) is 2.81. The van der Waals surface area contributed by atoms with Crippen molar-refractivity contribution in [3.8, 4) is 12.3 Å². The first-order chi connectivity index (χ1) is 11.4. The Morgan fingerprint density at radius 3 is 2.71 bits per heavy atom. The molecule has 1 fully saturated rings. The van der Waals surface area contributed by atoms with Crippen molar-refractivity contribution in [3.63, 3.8) is 0 Å². The maximum absolute atomic E-state index is 12.0. The van der Waals surface area contributed by atoms with Crippen LogP contribution in [-0.4, -0.2) is 47.2 Å². The third kappa shape index (κ3) is 4.48. The van der Waals surface area contributed by atoms with Gasteiger partial charge in [0, 0.05) is 11.4 Å². The number of benzene rings is 1. The Labute approximate surface area is 145 Å². The molecule has 1 saturated heterocycles. The third-order valence-electron chi connectivity index (χ3n) is 3.70. The molecule has 0 bridgehead atoms. The molecule has 0 aromatic heterocycles. The fourth-order valence-electron chi connectivity index (χ4n) is 2.35. The van der Waals surface area contributed by atoms with E-state index in [-0.39, 0.29) is 25.7 Å². The summed E-state index contributed by atoms with van der Waals surface area (Å²) in [5.41, 5.74) is 0.913. The number of terminal acetylenes is 1. The number of hydrogen-bond donors (Lipinski definition) is 2. The molecule has 3 amide bonds. The van der Waals surface area contributed by atoms with Gasteiger partial charge >= 0.3 is 6.03 Å². The summed E-state index contributed by atoms with van der Waals surface area (Å²) in [6, 6.07) is 5.91. The number of carbonyl (C=O) groups is 2. The van der Waals surface area contributed by atoms with Crippen molar-refractivity contribution >= 4 is 23.5 Å². The van der Waals surface area contributed by atoms with Gasteiger partial charge in [0.05, 0.1) is 25.4 Å². The van der Waals surface area contributed by atoms with Crippen LogP contribution in [0.2, 0.25) is 5.02 Å². The number of ether oxygens (including phenoxy) is 1. The Morgan fingerprint density at radius 1 is 1.42 bits per heavy atom.